The van der Waals surface area contributed by atoms with Crippen LogP contribution in [0.25, 0.3) is 11.1 Å². The summed E-state index contributed by atoms with van der Waals surface area (Å²) in [5.41, 5.74) is 1.52. The van der Waals surface area contributed by atoms with Crippen molar-refractivity contribution in [1.82, 2.24) is 4.98 Å². The number of hydrogen-bond acceptors (Lipinski definition) is 2. The first kappa shape index (κ1) is 15.5. The zero-order valence-electron chi connectivity index (χ0n) is 10.5. The highest BCUT2D eigenvalue weighted by atomic mass is 35.5. The van der Waals surface area contributed by atoms with Crippen molar-refractivity contribution in [3.8, 4) is 11.1 Å². The standard InChI is InChI=1S/C12H7Cl2NO2.C2H6/c13-9-2-1-7(5-10(9)14)8-3-4-15-11(6-8)12(16)17;1-2/h1-6H,(H,16,17);1-2H3. The van der Waals surface area contributed by atoms with Gasteiger partial charge in [0, 0.05) is 6.20 Å². The van der Waals surface area contributed by atoms with Crippen molar-refractivity contribution in [2.24, 2.45) is 0 Å². The van der Waals surface area contributed by atoms with E-state index in [4.69, 9.17) is 28.3 Å². The zero-order valence-corrected chi connectivity index (χ0v) is 12.0. The molecule has 0 unspecified atom stereocenters. The number of carboxylic acids is 1. The molecule has 0 amide bonds. The van der Waals surface area contributed by atoms with Crippen molar-refractivity contribution in [1.29, 1.82) is 0 Å². The van der Waals surface area contributed by atoms with Crippen LogP contribution in [0.2, 0.25) is 10.0 Å². The van der Waals surface area contributed by atoms with E-state index in [1.165, 1.54) is 12.3 Å². The minimum atomic E-state index is -1.06. The molecule has 19 heavy (non-hydrogen) atoms. The summed E-state index contributed by atoms with van der Waals surface area (Å²) in [6.07, 6.45) is 1.45. The lowest BCUT2D eigenvalue weighted by atomic mass is 10.1. The molecule has 2 aromatic rings. The van der Waals surface area contributed by atoms with Gasteiger partial charge < -0.3 is 5.11 Å². The maximum absolute atomic E-state index is 10.8. The topological polar surface area (TPSA) is 50.2 Å². The lowest BCUT2D eigenvalue weighted by molar-refractivity contribution is 0.0690. The van der Waals surface area contributed by atoms with Crippen LogP contribution in [0.3, 0.4) is 0 Å². The Balaban J connectivity index is 0.000000861. The van der Waals surface area contributed by atoms with Gasteiger partial charge in [-0.25, -0.2) is 9.78 Å². The van der Waals surface area contributed by atoms with Gasteiger partial charge in [-0.1, -0.05) is 43.1 Å². The second-order valence-corrected chi connectivity index (χ2v) is 4.18. The molecule has 0 aliphatic carbocycles. The van der Waals surface area contributed by atoms with Crippen LogP contribution in [0.1, 0.15) is 24.3 Å². The second-order valence-electron chi connectivity index (χ2n) is 3.36. The van der Waals surface area contributed by atoms with Crippen LogP contribution in [0.5, 0.6) is 0 Å². The molecule has 0 saturated heterocycles. The van der Waals surface area contributed by atoms with Crippen molar-refractivity contribution in [2.45, 2.75) is 13.8 Å². The van der Waals surface area contributed by atoms with Gasteiger partial charge in [-0.2, -0.15) is 0 Å². The van der Waals surface area contributed by atoms with E-state index in [2.05, 4.69) is 4.98 Å². The lowest BCUT2D eigenvalue weighted by Gasteiger charge is -2.04. The fraction of sp³-hybridized carbons (Fsp3) is 0.143. The Labute approximate surface area is 121 Å². The normalized spacial score (nSPS) is 9.47. The highest BCUT2D eigenvalue weighted by Gasteiger charge is 2.07. The van der Waals surface area contributed by atoms with E-state index < -0.39 is 5.97 Å². The van der Waals surface area contributed by atoms with Crippen molar-refractivity contribution in [3.63, 3.8) is 0 Å². The van der Waals surface area contributed by atoms with Crippen LogP contribution in [-0.4, -0.2) is 16.1 Å². The van der Waals surface area contributed by atoms with Crippen LogP contribution in [0.4, 0.5) is 0 Å². The molecule has 0 fully saturated rings. The number of carboxylic acid groups (broad SMARTS) is 1. The summed E-state index contributed by atoms with van der Waals surface area (Å²) in [4.78, 5) is 14.5. The summed E-state index contributed by atoms with van der Waals surface area (Å²) in [5, 5.41) is 9.73. The van der Waals surface area contributed by atoms with E-state index in [0.717, 1.165) is 11.1 Å². The minimum absolute atomic E-state index is 0.00595. The second kappa shape index (κ2) is 7.12. The Hall–Kier alpha value is -1.58. The van der Waals surface area contributed by atoms with Crippen LogP contribution >= 0.6 is 23.2 Å². The number of rotatable bonds is 2. The van der Waals surface area contributed by atoms with Crippen LogP contribution in [0, 0.1) is 0 Å². The zero-order chi connectivity index (χ0) is 14.4. The first-order valence-corrected chi connectivity index (χ1v) is 6.48. The molecular formula is C14H13Cl2NO2. The minimum Gasteiger partial charge on any atom is -0.477 e. The molecule has 1 heterocycles. The summed E-state index contributed by atoms with van der Waals surface area (Å²) < 4.78 is 0. The molecule has 0 atom stereocenters. The lowest BCUT2D eigenvalue weighted by Crippen LogP contribution is -1.99. The number of pyridine rings is 1. The smallest absolute Gasteiger partial charge is 0.354 e. The molecule has 100 valence electrons. The summed E-state index contributed by atoms with van der Waals surface area (Å²) in [6, 6.07) is 8.33. The van der Waals surface area contributed by atoms with E-state index in [-0.39, 0.29) is 5.69 Å². The molecule has 0 saturated carbocycles. The number of nitrogens with zero attached hydrogens (tertiary/aromatic N) is 1. The van der Waals surface area contributed by atoms with Gasteiger partial charge in [0.2, 0.25) is 0 Å². The third-order valence-electron chi connectivity index (χ3n) is 2.23. The highest BCUT2D eigenvalue weighted by molar-refractivity contribution is 6.42. The average molecular weight is 298 g/mol. The third-order valence-corrected chi connectivity index (χ3v) is 2.97. The third kappa shape index (κ3) is 3.94. The van der Waals surface area contributed by atoms with Gasteiger partial charge in [-0.3, -0.25) is 0 Å². The predicted octanol–water partition coefficient (Wildman–Crippen LogP) is 4.78. The predicted molar refractivity (Wildman–Crippen MR) is 78.0 cm³/mol. The molecule has 0 aliphatic heterocycles. The van der Waals surface area contributed by atoms with E-state index in [1.807, 2.05) is 13.8 Å². The number of benzene rings is 1. The summed E-state index contributed by atoms with van der Waals surface area (Å²) in [7, 11) is 0. The molecule has 5 heteroatoms. The number of carbonyl (C=O) groups is 1. The quantitative estimate of drug-likeness (QED) is 0.868. The Kier molecular flexibility index (Phi) is 5.80. The molecular weight excluding hydrogens is 285 g/mol. The molecule has 1 aromatic heterocycles. The van der Waals surface area contributed by atoms with Gasteiger partial charge in [-0.15, -0.1) is 0 Å². The van der Waals surface area contributed by atoms with Crippen LogP contribution in [0.15, 0.2) is 36.5 Å². The summed E-state index contributed by atoms with van der Waals surface area (Å²) in [6.45, 7) is 4.00. The molecule has 3 nitrogen and oxygen atoms in total. The first-order chi connectivity index (χ1) is 9.08. The van der Waals surface area contributed by atoms with Crippen molar-refractivity contribution in [3.05, 3.63) is 52.3 Å². The molecule has 0 radical (unpaired) electrons. The Morgan fingerprint density at radius 2 is 1.68 bits per heavy atom. The maximum atomic E-state index is 10.8. The molecule has 0 bridgehead atoms. The number of halogens is 2. The van der Waals surface area contributed by atoms with Crippen molar-refractivity contribution in [2.75, 3.05) is 0 Å². The van der Waals surface area contributed by atoms with Gasteiger partial charge in [0.1, 0.15) is 5.69 Å². The maximum Gasteiger partial charge on any atom is 0.354 e. The SMILES string of the molecule is CC.O=C(O)c1cc(-c2ccc(Cl)c(Cl)c2)ccn1. The summed E-state index contributed by atoms with van der Waals surface area (Å²) >= 11 is 11.7. The van der Waals surface area contributed by atoms with Crippen molar-refractivity contribution < 1.29 is 9.90 Å². The van der Waals surface area contributed by atoms with Gasteiger partial charge in [0.05, 0.1) is 10.0 Å². The number of aromatic carboxylic acids is 1. The Morgan fingerprint density at radius 1 is 1.05 bits per heavy atom. The van der Waals surface area contributed by atoms with Crippen molar-refractivity contribution >= 4 is 29.2 Å². The van der Waals surface area contributed by atoms with E-state index in [1.54, 1.807) is 24.3 Å². The molecule has 1 N–H and O–H groups in total. The Morgan fingerprint density at radius 3 is 2.26 bits per heavy atom. The number of hydrogen-bond donors (Lipinski definition) is 1. The van der Waals surface area contributed by atoms with E-state index in [9.17, 15) is 4.79 Å². The largest absolute Gasteiger partial charge is 0.477 e. The fourth-order valence-electron chi connectivity index (χ4n) is 1.40. The fourth-order valence-corrected chi connectivity index (χ4v) is 1.70. The van der Waals surface area contributed by atoms with Crippen LogP contribution in [-0.2, 0) is 0 Å². The van der Waals surface area contributed by atoms with Gasteiger partial charge >= 0.3 is 5.97 Å². The monoisotopic (exact) mass is 297 g/mol. The van der Waals surface area contributed by atoms with E-state index in [0.29, 0.717) is 10.0 Å². The molecule has 0 aliphatic rings. The molecule has 2 rings (SSSR count). The Bertz CT molecular complexity index is 585. The average Bonchev–Trinajstić information content (AvgIpc) is 2.44. The summed E-state index contributed by atoms with van der Waals surface area (Å²) in [5.74, 6) is -1.06. The highest BCUT2D eigenvalue weighted by Crippen LogP contribution is 2.28. The van der Waals surface area contributed by atoms with Gasteiger partial charge in [-0.05, 0) is 35.4 Å². The van der Waals surface area contributed by atoms with Gasteiger partial charge in [0.25, 0.3) is 0 Å². The first-order valence-electron chi connectivity index (χ1n) is 5.72. The van der Waals surface area contributed by atoms with Gasteiger partial charge in [0.15, 0.2) is 0 Å². The molecule has 0 spiro atoms. The molecule has 1 aromatic carbocycles. The number of aromatic nitrogens is 1. The van der Waals surface area contributed by atoms with Crippen LogP contribution < -0.4 is 0 Å². The van der Waals surface area contributed by atoms with E-state index >= 15 is 0 Å².